The zero-order valence-corrected chi connectivity index (χ0v) is 6.36. The molecule has 0 aromatic carbocycles. The molecule has 0 aliphatic heterocycles. The summed E-state index contributed by atoms with van der Waals surface area (Å²) in [4.78, 5) is 0. The Morgan fingerprint density at radius 3 is 2.80 bits per heavy atom. The standard InChI is InChI=1S/C9H13F/c1-2-3-4-5-6-7-8-9-10/h6-7H,2-5H2,1H3. The SMILES string of the molecule is CCCCCC=CC#CF. The predicted octanol–water partition coefficient (Wildman–Crippen LogP) is 3.05. The Balaban J connectivity index is 3.08. The first-order chi connectivity index (χ1) is 4.91. The lowest BCUT2D eigenvalue weighted by molar-refractivity contribution is 0.729. The van der Waals surface area contributed by atoms with Gasteiger partial charge in [0.1, 0.15) is 6.17 Å². The molecule has 0 atom stereocenters. The highest BCUT2D eigenvalue weighted by Gasteiger charge is 1.79. The van der Waals surface area contributed by atoms with E-state index >= 15 is 0 Å². The Labute approximate surface area is 62.1 Å². The number of rotatable bonds is 4. The maximum Gasteiger partial charge on any atom is 0.110 e. The molecule has 1 heteroatoms. The van der Waals surface area contributed by atoms with Crippen molar-refractivity contribution in [1.82, 2.24) is 0 Å². The highest BCUT2D eigenvalue weighted by Crippen LogP contribution is 1.98. The normalized spacial score (nSPS) is 9.40. The van der Waals surface area contributed by atoms with Gasteiger partial charge in [0, 0.05) is 0 Å². The van der Waals surface area contributed by atoms with E-state index in [1.165, 1.54) is 25.4 Å². The maximum atomic E-state index is 11.2. The summed E-state index contributed by atoms with van der Waals surface area (Å²) in [6, 6.07) is 0. The molecule has 0 unspecified atom stereocenters. The number of allylic oxidation sites excluding steroid dienone is 2. The average molecular weight is 140 g/mol. The minimum absolute atomic E-state index is 1.02. The van der Waals surface area contributed by atoms with Gasteiger partial charge in [-0.1, -0.05) is 25.8 Å². The van der Waals surface area contributed by atoms with Crippen LogP contribution in [-0.2, 0) is 0 Å². The summed E-state index contributed by atoms with van der Waals surface area (Å²) < 4.78 is 11.2. The summed E-state index contributed by atoms with van der Waals surface area (Å²) in [5.74, 6) is 2.23. The summed E-state index contributed by atoms with van der Waals surface area (Å²) in [5.41, 5.74) is 0. The largest absolute Gasteiger partial charge is 0.144 e. The Hall–Kier alpha value is -0.770. The molecular formula is C9H13F. The lowest BCUT2D eigenvalue weighted by atomic mass is 10.2. The molecule has 0 aliphatic rings. The fourth-order valence-electron chi connectivity index (χ4n) is 0.686. The summed E-state index contributed by atoms with van der Waals surface area (Å²) in [5, 5.41) is 0. The highest BCUT2D eigenvalue weighted by molar-refractivity contribution is 5.11. The van der Waals surface area contributed by atoms with Crippen LogP contribution in [-0.4, -0.2) is 0 Å². The van der Waals surface area contributed by atoms with E-state index in [1.54, 1.807) is 6.08 Å². The van der Waals surface area contributed by atoms with Crippen LogP contribution in [0, 0.1) is 12.1 Å². The summed E-state index contributed by atoms with van der Waals surface area (Å²) in [6.07, 6.45) is 9.46. The van der Waals surface area contributed by atoms with Crippen molar-refractivity contribution in [2.75, 3.05) is 0 Å². The minimum atomic E-state index is 1.02. The van der Waals surface area contributed by atoms with Gasteiger partial charge in [-0.25, -0.2) is 0 Å². The van der Waals surface area contributed by atoms with Gasteiger partial charge in [-0.3, -0.25) is 0 Å². The Kier molecular flexibility index (Phi) is 7.60. The first kappa shape index (κ1) is 9.23. The lowest BCUT2D eigenvalue weighted by Crippen LogP contribution is -1.69. The second-order valence-corrected chi connectivity index (χ2v) is 2.14. The molecule has 0 aromatic rings. The van der Waals surface area contributed by atoms with Gasteiger partial charge in [0.15, 0.2) is 0 Å². The van der Waals surface area contributed by atoms with E-state index in [0.29, 0.717) is 0 Å². The van der Waals surface area contributed by atoms with E-state index in [0.717, 1.165) is 6.42 Å². The number of hydrogen-bond donors (Lipinski definition) is 0. The molecule has 0 N–H and O–H groups in total. The second kappa shape index (κ2) is 8.23. The summed E-state index contributed by atoms with van der Waals surface area (Å²) in [7, 11) is 0. The van der Waals surface area contributed by atoms with Gasteiger partial charge in [-0.05, 0) is 24.8 Å². The maximum absolute atomic E-state index is 11.2. The van der Waals surface area contributed by atoms with Gasteiger partial charge in [-0.15, -0.1) is 4.39 Å². The van der Waals surface area contributed by atoms with Crippen molar-refractivity contribution in [2.45, 2.75) is 32.6 Å². The van der Waals surface area contributed by atoms with Crippen LogP contribution >= 0.6 is 0 Å². The van der Waals surface area contributed by atoms with Crippen LogP contribution in [0.4, 0.5) is 4.39 Å². The van der Waals surface area contributed by atoms with E-state index in [1.807, 2.05) is 6.08 Å². The van der Waals surface area contributed by atoms with Crippen LogP contribution in [0.1, 0.15) is 32.6 Å². The molecular weight excluding hydrogens is 127 g/mol. The van der Waals surface area contributed by atoms with Gasteiger partial charge < -0.3 is 0 Å². The van der Waals surface area contributed by atoms with Crippen molar-refractivity contribution in [3.8, 4) is 12.1 Å². The summed E-state index contributed by atoms with van der Waals surface area (Å²) >= 11 is 0. The van der Waals surface area contributed by atoms with Gasteiger partial charge in [-0.2, -0.15) is 0 Å². The monoisotopic (exact) mass is 140 g/mol. The minimum Gasteiger partial charge on any atom is -0.144 e. The van der Waals surface area contributed by atoms with Gasteiger partial charge in [0.25, 0.3) is 0 Å². The van der Waals surface area contributed by atoms with Crippen molar-refractivity contribution >= 4 is 0 Å². The third kappa shape index (κ3) is 7.23. The molecule has 0 heterocycles. The van der Waals surface area contributed by atoms with Crippen molar-refractivity contribution in [3.05, 3.63) is 12.2 Å². The molecule has 0 saturated heterocycles. The Bertz CT molecular complexity index is 137. The number of halogens is 1. The molecule has 0 aromatic heterocycles. The van der Waals surface area contributed by atoms with Crippen LogP contribution in [0.15, 0.2) is 12.2 Å². The van der Waals surface area contributed by atoms with Crippen molar-refractivity contribution < 1.29 is 4.39 Å². The third-order valence-corrected chi connectivity index (χ3v) is 1.23. The van der Waals surface area contributed by atoms with Crippen LogP contribution in [0.3, 0.4) is 0 Å². The predicted molar refractivity (Wildman–Crippen MR) is 42.2 cm³/mol. The molecule has 10 heavy (non-hydrogen) atoms. The van der Waals surface area contributed by atoms with Crippen LogP contribution in [0.2, 0.25) is 0 Å². The third-order valence-electron chi connectivity index (χ3n) is 1.23. The van der Waals surface area contributed by atoms with E-state index in [2.05, 4.69) is 12.8 Å². The van der Waals surface area contributed by atoms with E-state index in [-0.39, 0.29) is 0 Å². The molecule has 0 rings (SSSR count). The lowest BCUT2D eigenvalue weighted by Gasteiger charge is -1.88. The first-order valence-electron chi connectivity index (χ1n) is 3.68. The Morgan fingerprint density at radius 2 is 2.20 bits per heavy atom. The van der Waals surface area contributed by atoms with E-state index in [9.17, 15) is 4.39 Å². The van der Waals surface area contributed by atoms with Gasteiger partial charge >= 0.3 is 0 Å². The van der Waals surface area contributed by atoms with Crippen molar-refractivity contribution in [1.29, 1.82) is 0 Å². The zero-order chi connectivity index (χ0) is 7.66. The quantitative estimate of drug-likeness (QED) is 0.416. The molecule has 56 valence electrons. The molecule has 0 radical (unpaired) electrons. The summed E-state index contributed by atoms with van der Waals surface area (Å²) in [6.45, 7) is 2.16. The smallest absolute Gasteiger partial charge is 0.110 e. The van der Waals surface area contributed by atoms with Gasteiger partial charge in [0.2, 0.25) is 0 Å². The fourth-order valence-corrected chi connectivity index (χ4v) is 0.686. The average Bonchev–Trinajstić information content (AvgIpc) is 1.97. The van der Waals surface area contributed by atoms with Crippen LogP contribution in [0.5, 0.6) is 0 Å². The van der Waals surface area contributed by atoms with Crippen molar-refractivity contribution in [2.24, 2.45) is 0 Å². The van der Waals surface area contributed by atoms with E-state index < -0.39 is 0 Å². The highest BCUT2D eigenvalue weighted by atomic mass is 19.1. The zero-order valence-electron chi connectivity index (χ0n) is 6.36. The number of unbranched alkanes of at least 4 members (excludes halogenated alkanes) is 3. The first-order valence-corrected chi connectivity index (χ1v) is 3.68. The number of hydrogen-bond acceptors (Lipinski definition) is 0. The molecule has 0 bridgehead atoms. The molecule has 0 fully saturated rings. The van der Waals surface area contributed by atoms with Crippen LogP contribution in [0.25, 0.3) is 0 Å². The molecule has 0 saturated carbocycles. The molecule has 0 nitrogen and oxygen atoms in total. The second-order valence-electron chi connectivity index (χ2n) is 2.14. The van der Waals surface area contributed by atoms with Gasteiger partial charge in [0.05, 0.1) is 0 Å². The Morgan fingerprint density at radius 1 is 1.40 bits per heavy atom. The molecule has 0 spiro atoms. The van der Waals surface area contributed by atoms with E-state index in [4.69, 9.17) is 0 Å². The fraction of sp³-hybridized carbons (Fsp3) is 0.556. The topological polar surface area (TPSA) is 0 Å². The van der Waals surface area contributed by atoms with Crippen molar-refractivity contribution in [3.63, 3.8) is 0 Å². The molecule has 0 amide bonds. The van der Waals surface area contributed by atoms with Crippen LogP contribution < -0.4 is 0 Å². The molecule has 0 aliphatic carbocycles.